The Morgan fingerprint density at radius 1 is 1.59 bits per heavy atom. The highest BCUT2D eigenvalue weighted by atomic mass is 16.6. The Bertz CT molecular complexity index is 391. The molecule has 7 heteroatoms. The van der Waals surface area contributed by atoms with Crippen molar-refractivity contribution in [2.75, 3.05) is 11.9 Å². The number of nitrogens with one attached hydrogen (secondary N) is 1. The first-order valence-electron chi connectivity index (χ1n) is 5.17. The smallest absolute Gasteiger partial charge is 0.412 e. The lowest BCUT2D eigenvalue weighted by molar-refractivity contribution is -0.385. The fourth-order valence-corrected chi connectivity index (χ4v) is 1.02. The van der Waals surface area contributed by atoms with Crippen LogP contribution in [-0.2, 0) is 4.74 Å². The largest absolute Gasteiger partial charge is 0.449 e. The number of carbonyl (C=O) groups is 1. The molecule has 0 radical (unpaired) electrons. The number of aromatic nitrogens is 1. The quantitative estimate of drug-likeness (QED) is 0.483. The van der Waals surface area contributed by atoms with Crippen LogP contribution in [0.5, 0.6) is 0 Å². The highest BCUT2D eigenvalue weighted by Crippen LogP contribution is 2.11. The molecule has 0 atom stereocenters. The number of nitro groups is 1. The third-order valence-corrected chi connectivity index (χ3v) is 1.92. The Morgan fingerprint density at radius 2 is 2.35 bits per heavy atom. The summed E-state index contributed by atoms with van der Waals surface area (Å²) in [6.07, 6.45) is 2.19. The maximum Gasteiger partial charge on any atom is 0.412 e. The van der Waals surface area contributed by atoms with Gasteiger partial charge in [-0.1, -0.05) is 13.3 Å². The van der Waals surface area contributed by atoms with Gasteiger partial charge in [-0.15, -0.1) is 0 Å². The van der Waals surface area contributed by atoms with Crippen LogP contribution in [0.4, 0.5) is 16.3 Å². The second-order valence-electron chi connectivity index (χ2n) is 3.27. The molecular formula is C10H13N3O4. The average Bonchev–Trinajstić information content (AvgIpc) is 2.30. The van der Waals surface area contributed by atoms with Crippen molar-refractivity contribution in [3.63, 3.8) is 0 Å². The fraction of sp³-hybridized carbons (Fsp3) is 0.400. The van der Waals surface area contributed by atoms with Crippen molar-refractivity contribution >= 4 is 17.6 Å². The van der Waals surface area contributed by atoms with Gasteiger partial charge in [-0.3, -0.25) is 15.4 Å². The molecule has 0 fully saturated rings. The molecule has 1 N–H and O–H groups in total. The van der Waals surface area contributed by atoms with E-state index in [-0.39, 0.29) is 11.5 Å². The molecule has 0 aliphatic carbocycles. The van der Waals surface area contributed by atoms with Crippen LogP contribution in [0.2, 0.25) is 0 Å². The lowest BCUT2D eigenvalue weighted by Gasteiger charge is -2.05. The van der Waals surface area contributed by atoms with E-state index in [0.717, 1.165) is 19.0 Å². The third kappa shape index (κ3) is 4.45. The van der Waals surface area contributed by atoms with E-state index in [9.17, 15) is 14.9 Å². The van der Waals surface area contributed by atoms with Gasteiger partial charge < -0.3 is 4.74 Å². The topological polar surface area (TPSA) is 94.4 Å². The molecule has 1 amide bonds. The minimum absolute atomic E-state index is 0.130. The molecule has 1 heterocycles. The van der Waals surface area contributed by atoms with Crippen LogP contribution in [0.3, 0.4) is 0 Å². The molecule has 17 heavy (non-hydrogen) atoms. The van der Waals surface area contributed by atoms with Gasteiger partial charge in [-0.25, -0.2) is 9.78 Å². The molecule has 0 aliphatic heterocycles. The Labute approximate surface area is 98.0 Å². The molecular weight excluding hydrogens is 226 g/mol. The number of amides is 1. The number of anilines is 1. The van der Waals surface area contributed by atoms with E-state index in [2.05, 4.69) is 10.3 Å². The van der Waals surface area contributed by atoms with Crippen molar-refractivity contribution in [3.05, 3.63) is 28.4 Å². The van der Waals surface area contributed by atoms with Gasteiger partial charge in [0.05, 0.1) is 11.5 Å². The number of pyridine rings is 1. The number of hydrogen-bond acceptors (Lipinski definition) is 5. The summed E-state index contributed by atoms with van der Waals surface area (Å²) in [7, 11) is 0. The number of hydrogen-bond donors (Lipinski definition) is 1. The molecule has 0 bridgehead atoms. The van der Waals surface area contributed by atoms with Gasteiger partial charge in [0.15, 0.2) is 0 Å². The first kappa shape index (κ1) is 12.9. The van der Waals surface area contributed by atoms with E-state index >= 15 is 0 Å². The van der Waals surface area contributed by atoms with E-state index in [0.29, 0.717) is 6.61 Å². The Hall–Kier alpha value is -2.18. The number of ether oxygens (including phenoxy) is 1. The standard InChI is InChI=1S/C10H13N3O4/c1-2-3-6-17-10(14)12-9-5-4-8(7-11-9)13(15)16/h4-5,7H,2-3,6H2,1H3,(H,11,12,14). The van der Waals surface area contributed by atoms with E-state index in [1.54, 1.807) is 0 Å². The van der Waals surface area contributed by atoms with Crippen LogP contribution in [0, 0.1) is 10.1 Å². The molecule has 1 aromatic heterocycles. The molecule has 0 unspecified atom stereocenters. The maximum absolute atomic E-state index is 11.2. The number of nitrogens with zero attached hydrogens (tertiary/aromatic N) is 2. The van der Waals surface area contributed by atoms with E-state index < -0.39 is 11.0 Å². The summed E-state index contributed by atoms with van der Waals surface area (Å²) in [5.74, 6) is 0.220. The van der Waals surface area contributed by atoms with E-state index in [4.69, 9.17) is 4.74 Å². The first-order chi connectivity index (χ1) is 8.13. The molecule has 0 saturated heterocycles. The van der Waals surface area contributed by atoms with Gasteiger partial charge in [-0.2, -0.15) is 0 Å². The average molecular weight is 239 g/mol. The second kappa shape index (κ2) is 6.41. The molecule has 1 aromatic rings. The van der Waals surface area contributed by atoms with Crippen molar-refractivity contribution < 1.29 is 14.5 Å². The van der Waals surface area contributed by atoms with Gasteiger partial charge >= 0.3 is 6.09 Å². The molecule has 0 spiro atoms. The second-order valence-corrected chi connectivity index (χ2v) is 3.27. The summed E-state index contributed by atoms with van der Waals surface area (Å²) in [4.78, 5) is 24.7. The lowest BCUT2D eigenvalue weighted by atomic mass is 10.4. The van der Waals surface area contributed by atoms with Crippen LogP contribution >= 0.6 is 0 Å². The summed E-state index contributed by atoms with van der Waals surface area (Å²) in [5.41, 5.74) is -0.130. The molecule has 0 aliphatic rings. The lowest BCUT2D eigenvalue weighted by Crippen LogP contribution is -2.15. The van der Waals surface area contributed by atoms with Crippen LogP contribution < -0.4 is 5.32 Å². The summed E-state index contributed by atoms with van der Waals surface area (Å²) in [6, 6.07) is 2.61. The highest BCUT2D eigenvalue weighted by molar-refractivity contribution is 5.83. The zero-order chi connectivity index (χ0) is 12.7. The normalized spacial score (nSPS) is 9.71. The first-order valence-corrected chi connectivity index (χ1v) is 5.17. The third-order valence-electron chi connectivity index (χ3n) is 1.92. The van der Waals surface area contributed by atoms with Crippen molar-refractivity contribution in [2.24, 2.45) is 0 Å². The van der Waals surface area contributed by atoms with Gasteiger partial charge in [-0.05, 0) is 12.5 Å². The minimum atomic E-state index is -0.611. The summed E-state index contributed by atoms with van der Waals surface area (Å²) < 4.78 is 4.84. The van der Waals surface area contributed by atoms with Gasteiger partial charge in [0, 0.05) is 6.07 Å². The highest BCUT2D eigenvalue weighted by Gasteiger charge is 2.07. The van der Waals surface area contributed by atoms with Gasteiger partial charge in [0.2, 0.25) is 0 Å². The number of unbranched alkanes of at least 4 members (excludes halogenated alkanes) is 1. The summed E-state index contributed by atoms with van der Waals surface area (Å²) in [5, 5.41) is 12.7. The SMILES string of the molecule is CCCCOC(=O)Nc1ccc([N+](=O)[O-])cn1. The predicted octanol–water partition coefficient (Wildman–Crippen LogP) is 2.34. The van der Waals surface area contributed by atoms with Crippen LogP contribution in [0.1, 0.15) is 19.8 Å². The number of carbonyl (C=O) groups excluding carboxylic acids is 1. The van der Waals surface area contributed by atoms with Crippen LogP contribution in [0.15, 0.2) is 18.3 Å². The van der Waals surface area contributed by atoms with Crippen LogP contribution in [0.25, 0.3) is 0 Å². The molecule has 0 saturated carbocycles. The van der Waals surface area contributed by atoms with Crippen molar-refractivity contribution in [3.8, 4) is 0 Å². The van der Waals surface area contributed by atoms with Crippen molar-refractivity contribution in [1.82, 2.24) is 4.98 Å². The Balaban J connectivity index is 2.46. The Kier molecular flexibility index (Phi) is 4.86. The Morgan fingerprint density at radius 3 is 2.88 bits per heavy atom. The van der Waals surface area contributed by atoms with Gasteiger partial charge in [0.1, 0.15) is 12.0 Å². The van der Waals surface area contributed by atoms with E-state index in [1.165, 1.54) is 12.1 Å². The molecule has 7 nitrogen and oxygen atoms in total. The zero-order valence-electron chi connectivity index (χ0n) is 9.38. The van der Waals surface area contributed by atoms with E-state index in [1.807, 2.05) is 6.92 Å². The van der Waals surface area contributed by atoms with Crippen LogP contribution in [-0.4, -0.2) is 22.6 Å². The maximum atomic E-state index is 11.2. The molecule has 1 rings (SSSR count). The number of rotatable bonds is 5. The summed E-state index contributed by atoms with van der Waals surface area (Å²) >= 11 is 0. The summed E-state index contributed by atoms with van der Waals surface area (Å²) in [6.45, 7) is 2.33. The fourth-order valence-electron chi connectivity index (χ4n) is 1.02. The zero-order valence-corrected chi connectivity index (χ0v) is 9.38. The van der Waals surface area contributed by atoms with Crippen molar-refractivity contribution in [1.29, 1.82) is 0 Å². The van der Waals surface area contributed by atoms with Gasteiger partial charge in [0.25, 0.3) is 5.69 Å². The van der Waals surface area contributed by atoms with Crippen molar-refractivity contribution in [2.45, 2.75) is 19.8 Å². The minimum Gasteiger partial charge on any atom is -0.449 e. The monoisotopic (exact) mass is 239 g/mol. The molecule has 0 aromatic carbocycles. The molecule has 92 valence electrons. The predicted molar refractivity (Wildman–Crippen MR) is 60.8 cm³/mol.